The first-order valence-corrected chi connectivity index (χ1v) is 6.92. The normalized spacial score (nSPS) is 19.1. The van der Waals surface area contributed by atoms with E-state index < -0.39 is 0 Å². The summed E-state index contributed by atoms with van der Waals surface area (Å²) >= 11 is 7.68. The second-order valence-electron chi connectivity index (χ2n) is 4.26. The van der Waals surface area contributed by atoms with Gasteiger partial charge in [0.15, 0.2) is 0 Å². The Kier molecular flexibility index (Phi) is 2.90. The largest absolute Gasteiger partial charge is 0.309 e. The van der Waals surface area contributed by atoms with Crippen molar-refractivity contribution in [1.82, 2.24) is 10.3 Å². The van der Waals surface area contributed by atoms with Gasteiger partial charge in [-0.25, -0.2) is 4.98 Å². The van der Waals surface area contributed by atoms with Gasteiger partial charge in [-0.15, -0.1) is 11.3 Å². The van der Waals surface area contributed by atoms with Gasteiger partial charge < -0.3 is 5.32 Å². The van der Waals surface area contributed by atoms with E-state index in [1.54, 1.807) is 11.3 Å². The number of hydrogen-bond acceptors (Lipinski definition) is 3. The summed E-state index contributed by atoms with van der Waals surface area (Å²) in [6.07, 6.45) is 1.03. The van der Waals surface area contributed by atoms with Crippen molar-refractivity contribution in [3.63, 3.8) is 0 Å². The second-order valence-corrected chi connectivity index (χ2v) is 5.73. The first-order chi connectivity index (χ1) is 8.24. The molecule has 1 aliphatic rings. The van der Waals surface area contributed by atoms with Gasteiger partial charge in [-0.1, -0.05) is 23.7 Å². The Labute approximate surface area is 110 Å². The number of aromatic nitrogens is 1. The van der Waals surface area contributed by atoms with Crippen LogP contribution in [-0.2, 0) is 6.42 Å². The Hall–Kier alpha value is -0.900. The zero-order chi connectivity index (χ0) is 11.8. The molecule has 0 spiro atoms. The summed E-state index contributed by atoms with van der Waals surface area (Å²) in [4.78, 5) is 6.11. The second kappa shape index (κ2) is 4.41. The number of thiazole rings is 1. The molecule has 2 aromatic rings. The average Bonchev–Trinajstić information content (AvgIpc) is 2.75. The van der Waals surface area contributed by atoms with E-state index in [0.29, 0.717) is 6.04 Å². The van der Waals surface area contributed by atoms with E-state index >= 15 is 0 Å². The molecule has 0 aliphatic carbocycles. The van der Waals surface area contributed by atoms with Gasteiger partial charge in [0.05, 0.1) is 5.69 Å². The van der Waals surface area contributed by atoms with Gasteiger partial charge in [0, 0.05) is 34.5 Å². The quantitative estimate of drug-likeness (QED) is 0.850. The van der Waals surface area contributed by atoms with Gasteiger partial charge in [-0.2, -0.15) is 0 Å². The lowest BCUT2D eigenvalue weighted by molar-refractivity contribution is 0.545. The molecular weight excluding hydrogens is 252 g/mol. The molecule has 1 atom stereocenters. The highest BCUT2D eigenvalue weighted by Crippen LogP contribution is 2.34. The first-order valence-electron chi connectivity index (χ1n) is 5.73. The monoisotopic (exact) mass is 264 g/mol. The van der Waals surface area contributed by atoms with E-state index in [4.69, 9.17) is 16.6 Å². The summed E-state index contributed by atoms with van der Waals surface area (Å²) in [5, 5.41) is 5.33. The maximum absolute atomic E-state index is 5.90. The zero-order valence-corrected chi connectivity index (χ0v) is 11.1. The summed E-state index contributed by atoms with van der Waals surface area (Å²) in [5.41, 5.74) is 2.41. The molecule has 4 heteroatoms. The minimum Gasteiger partial charge on any atom is -0.309 e. The number of benzene rings is 1. The maximum Gasteiger partial charge on any atom is 0.123 e. The van der Waals surface area contributed by atoms with Crippen molar-refractivity contribution in [2.45, 2.75) is 19.4 Å². The van der Waals surface area contributed by atoms with Crippen molar-refractivity contribution in [2.75, 3.05) is 6.54 Å². The molecule has 2 nitrogen and oxygen atoms in total. The van der Waals surface area contributed by atoms with E-state index in [9.17, 15) is 0 Å². The minimum absolute atomic E-state index is 0.428. The fourth-order valence-corrected chi connectivity index (χ4v) is 3.37. The Morgan fingerprint density at radius 1 is 1.35 bits per heavy atom. The van der Waals surface area contributed by atoms with Crippen LogP contribution in [0.3, 0.4) is 0 Å². The molecule has 3 rings (SSSR count). The highest BCUT2D eigenvalue weighted by atomic mass is 35.5. The third-order valence-corrected chi connectivity index (χ3v) is 4.61. The van der Waals surface area contributed by atoms with Gasteiger partial charge in [0.2, 0.25) is 0 Å². The molecule has 17 heavy (non-hydrogen) atoms. The number of hydrogen-bond donors (Lipinski definition) is 1. The van der Waals surface area contributed by atoms with Gasteiger partial charge in [0.1, 0.15) is 5.01 Å². The molecule has 1 unspecified atom stereocenters. The Balaban J connectivity index is 2.02. The third kappa shape index (κ3) is 2.10. The van der Waals surface area contributed by atoms with E-state index in [2.05, 4.69) is 12.2 Å². The van der Waals surface area contributed by atoms with E-state index in [1.165, 1.54) is 10.6 Å². The Bertz CT molecular complexity index is 533. The Morgan fingerprint density at radius 3 is 2.82 bits per heavy atom. The summed E-state index contributed by atoms with van der Waals surface area (Å²) in [5.74, 6) is 0. The van der Waals surface area contributed by atoms with Crippen LogP contribution in [0.15, 0.2) is 24.3 Å². The minimum atomic E-state index is 0.428. The van der Waals surface area contributed by atoms with Crippen LogP contribution in [0.2, 0.25) is 5.02 Å². The van der Waals surface area contributed by atoms with Crippen molar-refractivity contribution in [2.24, 2.45) is 0 Å². The molecule has 1 aliphatic heterocycles. The van der Waals surface area contributed by atoms with Crippen LogP contribution in [-0.4, -0.2) is 11.5 Å². The summed E-state index contributed by atoms with van der Waals surface area (Å²) in [6, 6.07) is 8.32. The lowest BCUT2D eigenvalue weighted by Gasteiger charge is -2.18. The SMILES string of the molecule is CC1NCCc2nc(-c3ccc(Cl)cc3)sc21. The van der Waals surface area contributed by atoms with Gasteiger partial charge in [0.25, 0.3) is 0 Å². The van der Waals surface area contributed by atoms with Gasteiger partial charge in [-0.3, -0.25) is 0 Å². The summed E-state index contributed by atoms with van der Waals surface area (Å²) in [7, 11) is 0. The van der Waals surface area contributed by atoms with Crippen LogP contribution in [0, 0.1) is 0 Å². The highest BCUT2D eigenvalue weighted by molar-refractivity contribution is 7.15. The number of fused-ring (bicyclic) bond motifs is 1. The fourth-order valence-electron chi connectivity index (χ4n) is 2.10. The molecule has 1 aromatic carbocycles. The molecule has 2 heterocycles. The van der Waals surface area contributed by atoms with Gasteiger partial charge >= 0.3 is 0 Å². The number of rotatable bonds is 1. The van der Waals surface area contributed by atoms with Crippen LogP contribution in [0.1, 0.15) is 23.5 Å². The van der Waals surface area contributed by atoms with Crippen molar-refractivity contribution in [1.29, 1.82) is 0 Å². The zero-order valence-electron chi connectivity index (χ0n) is 9.53. The molecule has 0 fully saturated rings. The Morgan fingerprint density at radius 2 is 2.12 bits per heavy atom. The van der Waals surface area contributed by atoms with Crippen molar-refractivity contribution in [3.8, 4) is 10.6 Å². The molecule has 0 saturated heterocycles. The van der Waals surface area contributed by atoms with Crippen molar-refractivity contribution >= 4 is 22.9 Å². The maximum atomic E-state index is 5.90. The van der Waals surface area contributed by atoms with E-state index in [-0.39, 0.29) is 0 Å². The van der Waals surface area contributed by atoms with Crippen LogP contribution in [0.4, 0.5) is 0 Å². The van der Waals surface area contributed by atoms with Crippen LogP contribution < -0.4 is 5.32 Å². The summed E-state index contributed by atoms with van der Waals surface area (Å²) < 4.78 is 0. The van der Waals surface area contributed by atoms with Crippen LogP contribution in [0.25, 0.3) is 10.6 Å². The van der Waals surface area contributed by atoms with Crippen LogP contribution >= 0.6 is 22.9 Å². The van der Waals surface area contributed by atoms with Crippen LogP contribution in [0.5, 0.6) is 0 Å². The lowest BCUT2D eigenvalue weighted by Crippen LogP contribution is -2.26. The average molecular weight is 265 g/mol. The smallest absolute Gasteiger partial charge is 0.123 e. The van der Waals surface area contributed by atoms with Crippen molar-refractivity contribution < 1.29 is 0 Å². The number of nitrogens with zero attached hydrogens (tertiary/aromatic N) is 1. The fraction of sp³-hybridized carbons (Fsp3) is 0.308. The molecule has 0 bridgehead atoms. The van der Waals surface area contributed by atoms with Crippen molar-refractivity contribution in [3.05, 3.63) is 39.9 Å². The summed E-state index contributed by atoms with van der Waals surface area (Å²) in [6.45, 7) is 3.22. The standard InChI is InChI=1S/C13H13ClN2S/c1-8-12-11(6-7-15-8)16-13(17-12)9-2-4-10(14)5-3-9/h2-5,8,15H,6-7H2,1H3. The highest BCUT2D eigenvalue weighted by Gasteiger charge is 2.20. The predicted octanol–water partition coefficient (Wildman–Crippen LogP) is 3.67. The predicted molar refractivity (Wildman–Crippen MR) is 72.7 cm³/mol. The number of halogens is 1. The lowest BCUT2D eigenvalue weighted by atomic mass is 10.1. The molecular formula is C13H13ClN2S. The van der Waals surface area contributed by atoms with E-state index in [0.717, 1.165) is 28.6 Å². The third-order valence-electron chi connectivity index (χ3n) is 3.02. The van der Waals surface area contributed by atoms with Gasteiger partial charge in [-0.05, 0) is 19.1 Å². The number of nitrogens with one attached hydrogen (secondary N) is 1. The molecule has 1 N–H and O–H groups in total. The molecule has 1 aromatic heterocycles. The molecule has 0 amide bonds. The van der Waals surface area contributed by atoms with E-state index in [1.807, 2.05) is 24.3 Å². The first kappa shape index (κ1) is 11.2. The molecule has 0 radical (unpaired) electrons. The topological polar surface area (TPSA) is 24.9 Å². The molecule has 88 valence electrons. The molecule has 0 saturated carbocycles.